The van der Waals surface area contributed by atoms with Crippen molar-refractivity contribution in [2.24, 2.45) is 11.8 Å². The molecule has 4 aliphatic rings. The van der Waals surface area contributed by atoms with Crippen molar-refractivity contribution in [2.45, 2.75) is 49.9 Å². The first kappa shape index (κ1) is 18.0. The van der Waals surface area contributed by atoms with Crippen LogP contribution in [0.5, 0.6) is 11.5 Å². The number of benzene rings is 1. The highest BCUT2D eigenvalue weighted by Gasteiger charge is 2.72. The lowest BCUT2D eigenvalue weighted by molar-refractivity contribution is -0.146. The number of ether oxygens (including phenoxy) is 2. The van der Waals surface area contributed by atoms with Gasteiger partial charge >= 0.3 is 5.97 Å². The van der Waals surface area contributed by atoms with Crippen LogP contribution >= 0.6 is 0 Å². The van der Waals surface area contributed by atoms with E-state index >= 15 is 0 Å². The fraction of sp³-hybridized carbons (Fsp3) is 0.591. The molecule has 1 aromatic carbocycles. The van der Waals surface area contributed by atoms with Crippen molar-refractivity contribution in [3.63, 3.8) is 0 Å². The number of likely N-dealkylation sites (tertiary alicyclic amines) is 1. The Kier molecular flexibility index (Phi) is 3.69. The van der Waals surface area contributed by atoms with E-state index < -0.39 is 24.3 Å². The number of aliphatic hydroxyl groups excluding tert-OH is 1. The molecule has 2 heterocycles. The number of nitrogens with zero attached hydrogens (tertiary/aromatic N) is 1. The summed E-state index contributed by atoms with van der Waals surface area (Å²) in [5.74, 6) is 0.415. The molecule has 0 radical (unpaired) electrons. The Hall–Kier alpha value is -2.05. The van der Waals surface area contributed by atoms with Crippen LogP contribution in [0.1, 0.15) is 31.4 Å². The minimum absolute atomic E-state index is 0.0738. The van der Waals surface area contributed by atoms with Crippen molar-refractivity contribution in [3.05, 3.63) is 35.4 Å². The highest BCUT2D eigenvalue weighted by Crippen LogP contribution is 2.68. The van der Waals surface area contributed by atoms with Gasteiger partial charge in [0.1, 0.15) is 6.10 Å². The van der Waals surface area contributed by atoms with E-state index in [9.17, 15) is 9.90 Å². The summed E-state index contributed by atoms with van der Waals surface area (Å²) in [4.78, 5) is 13.5. The number of piperidine rings is 1. The number of carbonyl (C=O) groups is 1. The van der Waals surface area contributed by atoms with Gasteiger partial charge in [-0.1, -0.05) is 32.1 Å². The monoisotopic (exact) mass is 385 g/mol. The molecule has 1 fully saturated rings. The van der Waals surface area contributed by atoms with Crippen LogP contribution < -0.4 is 9.47 Å². The molecular formula is C22H27NO5. The zero-order valence-corrected chi connectivity index (χ0v) is 16.5. The van der Waals surface area contributed by atoms with Crippen LogP contribution in [-0.2, 0) is 16.6 Å². The van der Waals surface area contributed by atoms with Crippen LogP contribution in [0.3, 0.4) is 0 Å². The van der Waals surface area contributed by atoms with Gasteiger partial charge in [-0.25, -0.2) is 4.79 Å². The minimum atomic E-state index is -1.02. The average Bonchev–Trinajstić information content (AvgIpc) is 2.97. The molecule has 5 atom stereocenters. The zero-order chi connectivity index (χ0) is 19.8. The van der Waals surface area contributed by atoms with Gasteiger partial charge in [-0.05, 0) is 44.0 Å². The SMILES string of the molecule is CC(C)[C@@]12Oc3c(OCC(=O)O)ccc4c3[C@@]13CCN(C)[C@H](C4)[C@@H]3C=C[C@@H]2O. The molecule has 0 aromatic heterocycles. The number of likely N-dealkylation sites (N-methyl/N-ethyl adjacent to an activating group) is 1. The van der Waals surface area contributed by atoms with Crippen molar-refractivity contribution in [2.75, 3.05) is 20.2 Å². The lowest BCUT2D eigenvalue weighted by Gasteiger charge is -2.62. The topological polar surface area (TPSA) is 79.2 Å². The normalized spacial score (nSPS) is 37.5. The van der Waals surface area contributed by atoms with Gasteiger partial charge in [0.15, 0.2) is 23.7 Å². The lowest BCUT2D eigenvalue weighted by Crippen LogP contribution is -2.72. The molecule has 5 rings (SSSR count). The fourth-order valence-electron chi connectivity index (χ4n) is 6.58. The fourth-order valence-corrected chi connectivity index (χ4v) is 6.58. The van der Waals surface area contributed by atoms with Crippen LogP contribution in [0.2, 0.25) is 0 Å². The molecule has 6 heteroatoms. The first-order chi connectivity index (χ1) is 13.3. The molecule has 0 saturated carbocycles. The van der Waals surface area contributed by atoms with Gasteiger partial charge in [-0.3, -0.25) is 0 Å². The molecule has 6 nitrogen and oxygen atoms in total. The average molecular weight is 385 g/mol. The summed E-state index contributed by atoms with van der Waals surface area (Å²) in [5, 5.41) is 20.3. The maximum atomic E-state index is 11.2. The summed E-state index contributed by atoms with van der Waals surface area (Å²) in [5.41, 5.74) is 1.28. The van der Waals surface area contributed by atoms with E-state index in [1.807, 2.05) is 12.1 Å². The van der Waals surface area contributed by atoms with Gasteiger partial charge in [0.25, 0.3) is 0 Å². The predicted octanol–water partition coefficient (Wildman–Crippen LogP) is 1.98. The lowest BCUT2D eigenvalue weighted by atomic mass is 9.46. The Morgan fingerprint density at radius 3 is 2.89 bits per heavy atom. The molecule has 2 N–H and O–H groups in total. The van der Waals surface area contributed by atoms with Gasteiger partial charge in [-0.15, -0.1) is 0 Å². The number of carboxylic acids is 1. The molecule has 2 bridgehead atoms. The number of hydrogen-bond donors (Lipinski definition) is 2. The third-order valence-corrected chi connectivity index (χ3v) is 7.61. The summed E-state index contributed by atoms with van der Waals surface area (Å²) in [7, 11) is 2.18. The maximum absolute atomic E-state index is 11.2. The molecule has 1 saturated heterocycles. The second kappa shape index (κ2) is 5.74. The molecule has 28 heavy (non-hydrogen) atoms. The van der Waals surface area contributed by atoms with E-state index in [2.05, 4.69) is 37.9 Å². The number of rotatable bonds is 4. The minimum Gasteiger partial charge on any atom is -0.479 e. The zero-order valence-electron chi connectivity index (χ0n) is 16.5. The number of aliphatic carboxylic acids is 1. The van der Waals surface area contributed by atoms with Gasteiger partial charge in [0.05, 0.1) is 5.41 Å². The van der Waals surface area contributed by atoms with Crippen molar-refractivity contribution < 1.29 is 24.5 Å². The van der Waals surface area contributed by atoms with Crippen LogP contribution in [0, 0.1) is 11.8 Å². The Morgan fingerprint density at radius 2 is 2.18 bits per heavy atom. The van der Waals surface area contributed by atoms with E-state index in [4.69, 9.17) is 14.6 Å². The number of carboxylic acid groups (broad SMARTS) is 1. The van der Waals surface area contributed by atoms with Crippen LogP contribution in [0.4, 0.5) is 0 Å². The number of hydrogen-bond acceptors (Lipinski definition) is 5. The van der Waals surface area contributed by atoms with Gasteiger partial charge in [0, 0.05) is 17.5 Å². The molecule has 150 valence electrons. The summed E-state index contributed by atoms with van der Waals surface area (Å²) < 4.78 is 12.3. The molecular weight excluding hydrogens is 358 g/mol. The molecule has 2 aliphatic heterocycles. The Balaban J connectivity index is 1.78. The summed E-state index contributed by atoms with van der Waals surface area (Å²) >= 11 is 0. The first-order valence-corrected chi connectivity index (χ1v) is 10.1. The second-order valence-electron chi connectivity index (χ2n) is 8.99. The van der Waals surface area contributed by atoms with Crippen molar-refractivity contribution >= 4 is 5.97 Å². The van der Waals surface area contributed by atoms with E-state index in [0.717, 1.165) is 24.9 Å². The van der Waals surface area contributed by atoms with E-state index in [-0.39, 0.29) is 17.3 Å². The quantitative estimate of drug-likeness (QED) is 0.772. The molecule has 1 aromatic rings. The largest absolute Gasteiger partial charge is 0.479 e. The van der Waals surface area contributed by atoms with Gasteiger partial charge in [-0.2, -0.15) is 0 Å². The number of aliphatic hydroxyl groups is 1. The molecule has 2 aliphatic carbocycles. The predicted molar refractivity (Wildman–Crippen MR) is 103 cm³/mol. The van der Waals surface area contributed by atoms with Crippen molar-refractivity contribution in [1.82, 2.24) is 4.90 Å². The standard InChI is InChI=1S/C22H27NO5/c1-12(2)22-17(24)7-5-14-15-10-13-4-6-16(27-11-18(25)26)20(28-22)19(13)21(14,22)8-9-23(15)3/h4-7,12,14-15,17,24H,8-11H2,1-3H3,(H,25,26)/t14-,15+,17-,21-,22-/m0/s1. The summed E-state index contributed by atoms with van der Waals surface area (Å²) in [6, 6.07) is 4.25. The molecule has 0 amide bonds. The highest BCUT2D eigenvalue weighted by atomic mass is 16.6. The Morgan fingerprint density at radius 1 is 1.39 bits per heavy atom. The molecule has 1 spiro atoms. The highest BCUT2D eigenvalue weighted by molar-refractivity contribution is 5.69. The van der Waals surface area contributed by atoms with Crippen LogP contribution in [-0.4, -0.2) is 59.0 Å². The summed E-state index contributed by atoms with van der Waals surface area (Å²) in [6.07, 6.45) is 5.19. The van der Waals surface area contributed by atoms with Gasteiger partial charge < -0.3 is 24.6 Å². The third-order valence-electron chi connectivity index (χ3n) is 7.61. The molecule has 0 unspecified atom stereocenters. The third kappa shape index (κ3) is 1.93. The van der Waals surface area contributed by atoms with Crippen molar-refractivity contribution in [3.8, 4) is 11.5 Å². The maximum Gasteiger partial charge on any atom is 0.341 e. The van der Waals surface area contributed by atoms with Crippen molar-refractivity contribution in [1.29, 1.82) is 0 Å². The van der Waals surface area contributed by atoms with Crippen LogP contribution in [0.15, 0.2) is 24.3 Å². The van der Waals surface area contributed by atoms with E-state index in [0.29, 0.717) is 17.5 Å². The smallest absolute Gasteiger partial charge is 0.341 e. The second-order valence-corrected chi connectivity index (χ2v) is 8.99. The van der Waals surface area contributed by atoms with E-state index in [1.54, 1.807) is 0 Å². The Labute approximate surface area is 164 Å². The Bertz CT molecular complexity index is 880. The first-order valence-electron chi connectivity index (χ1n) is 10.1. The van der Waals surface area contributed by atoms with E-state index in [1.165, 1.54) is 5.56 Å². The van der Waals surface area contributed by atoms with Crippen LogP contribution in [0.25, 0.3) is 0 Å². The van der Waals surface area contributed by atoms with Gasteiger partial charge in [0.2, 0.25) is 0 Å². The summed E-state index contributed by atoms with van der Waals surface area (Å²) in [6.45, 7) is 4.75.